The highest BCUT2D eigenvalue weighted by molar-refractivity contribution is 6.03. The van der Waals surface area contributed by atoms with Crippen LogP contribution in [0.2, 0.25) is 0 Å². The van der Waals surface area contributed by atoms with Crippen molar-refractivity contribution in [3.05, 3.63) is 60.4 Å². The van der Waals surface area contributed by atoms with Crippen LogP contribution in [0, 0.1) is 0 Å². The maximum atomic E-state index is 13.0. The zero-order valence-corrected chi connectivity index (χ0v) is 22.5. The lowest BCUT2D eigenvalue weighted by molar-refractivity contribution is -0.111. The molecular weight excluding hydrogens is 492 g/mol. The minimum Gasteiger partial charge on any atom is -0.486 e. The Morgan fingerprint density at radius 3 is 2.87 bits per heavy atom. The van der Waals surface area contributed by atoms with Crippen molar-refractivity contribution in [2.24, 2.45) is 0 Å². The fraction of sp³-hybridized carbons (Fsp3) is 0.433. The van der Waals surface area contributed by atoms with Crippen LogP contribution in [0.15, 0.2) is 54.9 Å². The number of rotatable bonds is 7. The average molecular weight is 529 g/mol. The van der Waals surface area contributed by atoms with Crippen LogP contribution in [0.3, 0.4) is 0 Å². The molecule has 1 atom stereocenters. The van der Waals surface area contributed by atoms with E-state index in [4.69, 9.17) is 14.5 Å². The van der Waals surface area contributed by atoms with Crippen LogP contribution in [0.25, 0.3) is 10.9 Å². The van der Waals surface area contributed by atoms with E-state index < -0.39 is 0 Å². The van der Waals surface area contributed by atoms with E-state index in [9.17, 15) is 4.79 Å². The molecule has 0 spiro atoms. The van der Waals surface area contributed by atoms with E-state index >= 15 is 0 Å². The lowest BCUT2D eigenvalue weighted by Crippen LogP contribution is -2.44. The molecule has 0 saturated carbocycles. The molecular formula is C30H36N6O3. The number of amides is 1. The Labute approximate surface area is 229 Å². The lowest BCUT2D eigenvalue weighted by atomic mass is 10.0. The molecule has 3 aliphatic rings. The van der Waals surface area contributed by atoms with E-state index in [1.54, 1.807) is 12.4 Å². The van der Waals surface area contributed by atoms with Crippen molar-refractivity contribution in [3.8, 4) is 5.75 Å². The van der Waals surface area contributed by atoms with Gasteiger partial charge >= 0.3 is 0 Å². The molecule has 4 heterocycles. The molecule has 1 aromatic heterocycles. The quantitative estimate of drug-likeness (QED) is 0.466. The largest absolute Gasteiger partial charge is 0.486 e. The first-order chi connectivity index (χ1) is 19.1. The second kappa shape index (κ2) is 11.7. The predicted molar refractivity (Wildman–Crippen MR) is 153 cm³/mol. The lowest BCUT2D eigenvalue weighted by Gasteiger charge is -2.31. The summed E-state index contributed by atoms with van der Waals surface area (Å²) in [6.45, 7) is 6.97. The molecule has 2 aromatic carbocycles. The van der Waals surface area contributed by atoms with Crippen LogP contribution in [0.4, 0.5) is 17.2 Å². The first-order valence-corrected chi connectivity index (χ1v) is 13.9. The van der Waals surface area contributed by atoms with Gasteiger partial charge in [0.05, 0.1) is 24.4 Å². The van der Waals surface area contributed by atoms with Gasteiger partial charge in [-0.1, -0.05) is 24.3 Å². The molecule has 0 radical (unpaired) electrons. The molecule has 9 nitrogen and oxygen atoms in total. The summed E-state index contributed by atoms with van der Waals surface area (Å²) in [5.41, 5.74) is 3.88. The summed E-state index contributed by atoms with van der Waals surface area (Å²) in [5, 5.41) is 3.95. The fourth-order valence-electron chi connectivity index (χ4n) is 5.53. The summed E-state index contributed by atoms with van der Waals surface area (Å²) in [7, 11) is 2.14. The number of aromatic nitrogens is 2. The zero-order chi connectivity index (χ0) is 26.6. The minimum absolute atomic E-state index is 0.0545. The molecule has 3 aromatic rings. The van der Waals surface area contributed by atoms with Crippen molar-refractivity contribution < 1.29 is 14.3 Å². The Kier molecular flexibility index (Phi) is 7.71. The number of para-hydroxylation sites is 1. The molecule has 1 amide bonds. The fourth-order valence-corrected chi connectivity index (χ4v) is 5.53. The predicted octanol–water partition coefficient (Wildman–Crippen LogP) is 3.62. The number of carbonyl (C=O) groups excluding carboxylic acids is 1. The van der Waals surface area contributed by atoms with Gasteiger partial charge in [-0.15, -0.1) is 0 Å². The second-order valence-electron chi connectivity index (χ2n) is 10.5. The Morgan fingerprint density at radius 2 is 2.03 bits per heavy atom. The molecule has 6 rings (SSSR count). The molecule has 2 saturated heterocycles. The summed E-state index contributed by atoms with van der Waals surface area (Å²) >= 11 is 0. The maximum Gasteiger partial charge on any atom is 0.248 e. The number of aryl methyl sites for hydroxylation is 1. The van der Waals surface area contributed by atoms with Gasteiger partial charge in [0, 0.05) is 68.9 Å². The van der Waals surface area contributed by atoms with Gasteiger partial charge in [0.15, 0.2) is 0 Å². The normalized spacial score (nSPS) is 20.4. The van der Waals surface area contributed by atoms with Gasteiger partial charge in [-0.25, -0.2) is 9.97 Å². The van der Waals surface area contributed by atoms with Crippen LogP contribution in [-0.2, 0) is 16.0 Å². The zero-order valence-electron chi connectivity index (χ0n) is 22.5. The third-order valence-electron chi connectivity index (χ3n) is 7.75. The molecule has 9 heteroatoms. The highest BCUT2D eigenvalue weighted by Crippen LogP contribution is 2.39. The molecule has 39 heavy (non-hydrogen) atoms. The first-order valence-electron chi connectivity index (χ1n) is 13.9. The molecule has 1 N–H and O–H groups in total. The van der Waals surface area contributed by atoms with Crippen LogP contribution in [0.1, 0.15) is 18.4 Å². The van der Waals surface area contributed by atoms with Gasteiger partial charge in [0.1, 0.15) is 24.0 Å². The number of nitrogens with zero attached hydrogens (tertiary/aromatic N) is 5. The summed E-state index contributed by atoms with van der Waals surface area (Å²) < 4.78 is 11.8. The van der Waals surface area contributed by atoms with E-state index in [0.29, 0.717) is 24.7 Å². The van der Waals surface area contributed by atoms with Crippen molar-refractivity contribution in [2.45, 2.75) is 25.4 Å². The summed E-state index contributed by atoms with van der Waals surface area (Å²) in [6.07, 6.45) is 8.03. The van der Waals surface area contributed by atoms with Crippen molar-refractivity contribution in [1.82, 2.24) is 19.8 Å². The Hall–Kier alpha value is -3.53. The Balaban J connectivity index is 1.29. The molecule has 0 bridgehead atoms. The Morgan fingerprint density at radius 1 is 1.15 bits per heavy atom. The van der Waals surface area contributed by atoms with Gasteiger partial charge in [0.2, 0.25) is 5.91 Å². The SMILES string of the molecule is CN1CCN(C/C=C/C(=O)Nc2cc3c(N4CCCc5ccccc54)ncnc3cc2O[C@@H]2CCOC2)CC1. The van der Waals surface area contributed by atoms with Crippen molar-refractivity contribution in [2.75, 3.05) is 69.7 Å². The number of carbonyl (C=O) groups is 1. The summed E-state index contributed by atoms with van der Waals surface area (Å²) in [5.74, 6) is 1.25. The Bertz CT molecular complexity index is 1350. The number of hydrogen-bond donors (Lipinski definition) is 1. The third-order valence-corrected chi connectivity index (χ3v) is 7.75. The molecule has 0 aliphatic carbocycles. The molecule has 0 unspecified atom stereocenters. The van der Waals surface area contributed by atoms with Crippen LogP contribution >= 0.6 is 0 Å². The smallest absolute Gasteiger partial charge is 0.248 e. The topological polar surface area (TPSA) is 83.1 Å². The highest BCUT2D eigenvalue weighted by Gasteiger charge is 2.24. The molecule has 204 valence electrons. The number of likely N-dealkylation sites (N-methyl/N-ethyl adjacent to an activating group) is 1. The number of anilines is 3. The number of hydrogen-bond acceptors (Lipinski definition) is 8. The van der Waals surface area contributed by atoms with Gasteiger partial charge < -0.3 is 24.6 Å². The van der Waals surface area contributed by atoms with Crippen LogP contribution in [-0.4, -0.2) is 91.3 Å². The number of benzene rings is 2. The van der Waals surface area contributed by atoms with E-state index in [-0.39, 0.29) is 12.0 Å². The average Bonchev–Trinajstić information content (AvgIpc) is 3.47. The standard InChI is InChI=1S/C30H36N6O3/c1-34-13-15-35(16-14-34)11-5-9-29(37)33-26-18-24-25(19-28(26)39-23-10-17-38-20-23)31-21-32-30(24)36-12-4-7-22-6-2-3-8-27(22)36/h2-3,5-6,8-9,18-19,21,23H,4,7,10-17,20H2,1H3,(H,33,37)/b9-5+/t23-/m1/s1. The summed E-state index contributed by atoms with van der Waals surface area (Å²) in [4.78, 5) is 29.3. The van der Waals surface area contributed by atoms with E-state index in [2.05, 4.69) is 56.3 Å². The first kappa shape index (κ1) is 25.7. The van der Waals surface area contributed by atoms with Gasteiger partial charge in [-0.2, -0.15) is 0 Å². The monoisotopic (exact) mass is 528 g/mol. The van der Waals surface area contributed by atoms with E-state index in [1.807, 2.05) is 18.2 Å². The van der Waals surface area contributed by atoms with Crippen LogP contribution in [0.5, 0.6) is 5.75 Å². The molecule has 3 aliphatic heterocycles. The maximum absolute atomic E-state index is 13.0. The second-order valence-corrected chi connectivity index (χ2v) is 10.5. The van der Waals surface area contributed by atoms with Gasteiger partial charge in [-0.3, -0.25) is 9.69 Å². The highest BCUT2D eigenvalue weighted by atomic mass is 16.5. The summed E-state index contributed by atoms with van der Waals surface area (Å²) in [6, 6.07) is 12.4. The number of nitrogens with one attached hydrogen (secondary N) is 1. The van der Waals surface area contributed by atoms with E-state index in [0.717, 1.165) is 75.3 Å². The van der Waals surface area contributed by atoms with Gasteiger partial charge in [-0.05, 0) is 37.6 Å². The van der Waals surface area contributed by atoms with Crippen molar-refractivity contribution in [3.63, 3.8) is 0 Å². The molecule has 2 fully saturated rings. The van der Waals surface area contributed by atoms with E-state index in [1.165, 1.54) is 11.3 Å². The van der Waals surface area contributed by atoms with Crippen LogP contribution < -0.4 is 15.0 Å². The number of fused-ring (bicyclic) bond motifs is 2. The van der Waals surface area contributed by atoms with Crippen molar-refractivity contribution in [1.29, 1.82) is 0 Å². The third kappa shape index (κ3) is 5.90. The minimum atomic E-state index is -0.183. The number of ether oxygens (including phenoxy) is 2. The number of piperazine rings is 1. The van der Waals surface area contributed by atoms with Crippen molar-refractivity contribution >= 4 is 34.0 Å². The van der Waals surface area contributed by atoms with Gasteiger partial charge in [0.25, 0.3) is 0 Å².